The van der Waals surface area contributed by atoms with Gasteiger partial charge in [-0.3, -0.25) is 0 Å². The van der Waals surface area contributed by atoms with Crippen LogP contribution in [0.4, 0.5) is 0 Å². The van der Waals surface area contributed by atoms with Crippen molar-refractivity contribution in [3.8, 4) is 0 Å². The van der Waals surface area contributed by atoms with E-state index in [0.717, 1.165) is 11.3 Å². The molecule has 90 valence electrons. The van der Waals surface area contributed by atoms with Crippen LogP contribution in [-0.2, 0) is 6.42 Å². The van der Waals surface area contributed by atoms with Gasteiger partial charge in [-0.2, -0.15) is 11.8 Å². The fourth-order valence-electron chi connectivity index (χ4n) is 1.32. The molecule has 16 heavy (non-hydrogen) atoms. The maximum absolute atomic E-state index is 9.84. The molecular formula is C12H16Cl2OS. The van der Waals surface area contributed by atoms with Crippen LogP contribution >= 0.6 is 35.0 Å². The fraction of sp³-hybridized carbons (Fsp3) is 0.500. The molecule has 0 aromatic heterocycles. The van der Waals surface area contributed by atoms with Gasteiger partial charge in [0, 0.05) is 12.2 Å². The Kier molecular flexibility index (Phi) is 5.98. The second kappa shape index (κ2) is 6.75. The van der Waals surface area contributed by atoms with Crippen LogP contribution in [0.1, 0.15) is 19.4 Å². The molecule has 0 bridgehead atoms. The Bertz CT molecular complexity index is 342. The van der Waals surface area contributed by atoms with Gasteiger partial charge in [-0.25, -0.2) is 0 Å². The molecule has 1 aromatic rings. The summed E-state index contributed by atoms with van der Waals surface area (Å²) in [4.78, 5) is 0. The van der Waals surface area contributed by atoms with E-state index in [1.54, 1.807) is 17.8 Å². The first kappa shape index (κ1) is 14.2. The van der Waals surface area contributed by atoms with E-state index >= 15 is 0 Å². The van der Waals surface area contributed by atoms with E-state index in [2.05, 4.69) is 13.8 Å². The Balaban J connectivity index is 2.56. The summed E-state index contributed by atoms with van der Waals surface area (Å²) in [7, 11) is 0. The first-order valence-corrected chi connectivity index (χ1v) is 7.03. The minimum Gasteiger partial charge on any atom is -0.392 e. The molecule has 1 aromatic carbocycles. The monoisotopic (exact) mass is 278 g/mol. The molecule has 4 heteroatoms. The number of halogens is 2. The Morgan fingerprint density at radius 1 is 1.31 bits per heavy atom. The maximum atomic E-state index is 9.84. The zero-order valence-electron chi connectivity index (χ0n) is 9.41. The quantitative estimate of drug-likeness (QED) is 0.877. The summed E-state index contributed by atoms with van der Waals surface area (Å²) in [6.07, 6.45) is 0.183. The summed E-state index contributed by atoms with van der Waals surface area (Å²) in [6.45, 7) is 4.23. The van der Waals surface area contributed by atoms with Crippen LogP contribution in [0.25, 0.3) is 0 Å². The van der Waals surface area contributed by atoms with Crippen molar-refractivity contribution in [2.45, 2.75) is 31.6 Å². The van der Waals surface area contributed by atoms with Crippen molar-refractivity contribution < 1.29 is 5.11 Å². The molecule has 0 aliphatic rings. The van der Waals surface area contributed by atoms with Gasteiger partial charge < -0.3 is 5.11 Å². The van der Waals surface area contributed by atoms with E-state index in [4.69, 9.17) is 23.2 Å². The van der Waals surface area contributed by atoms with Gasteiger partial charge in [0.25, 0.3) is 0 Å². The van der Waals surface area contributed by atoms with Crippen molar-refractivity contribution in [2.75, 3.05) is 5.75 Å². The lowest BCUT2D eigenvalue weighted by Crippen LogP contribution is -2.15. The molecule has 0 spiro atoms. The normalized spacial score (nSPS) is 13.1. The standard InChI is InChI=1S/C12H16Cl2OS/c1-8(2)16-7-10(15)6-9-4-3-5-11(13)12(9)14/h3-5,8,10,15H,6-7H2,1-2H3. The van der Waals surface area contributed by atoms with Crippen LogP contribution in [0, 0.1) is 0 Å². The van der Waals surface area contributed by atoms with Gasteiger partial charge in [0.15, 0.2) is 0 Å². The number of rotatable bonds is 5. The van der Waals surface area contributed by atoms with Crippen LogP contribution < -0.4 is 0 Å². The van der Waals surface area contributed by atoms with E-state index in [0.29, 0.717) is 21.7 Å². The van der Waals surface area contributed by atoms with Crippen molar-refractivity contribution in [3.63, 3.8) is 0 Å². The topological polar surface area (TPSA) is 20.2 Å². The largest absolute Gasteiger partial charge is 0.392 e. The molecule has 0 radical (unpaired) electrons. The van der Waals surface area contributed by atoms with Gasteiger partial charge >= 0.3 is 0 Å². The third-order valence-corrected chi connectivity index (χ3v) is 4.21. The molecule has 0 saturated heterocycles. The van der Waals surface area contributed by atoms with Crippen LogP contribution in [0.3, 0.4) is 0 Å². The van der Waals surface area contributed by atoms with Gasteiger partial charge in [0.1, 0.15) is 0 Å². The van der Waals surface area contributed by atoms with Crippen LogP contribution in [0.2, 0.25) is 10.0 Å². The molecule has 1 unspecified atom stereocenters. The SMILES string of the molecule is CC(C)SCC(O)Cc1cccc(Cl)c1Cl. The highest BCUT2D eigenvalue weighted by Gasteiger charge is 2.11. The Hall–Kier alpha value is 0.110. The molecule has 1 nitrogen and oxygen atoms in total. The Morgan fingerprint density at radius 3 is 2.62 bits per heavy atom. The highest BCUT2D eigenvalue weighted by atomic mass is 35.5. The number of benzene rings is 1. The van der Waals surface area contributed by atoms with Gasteiger partial charge in [-0.15, -0.1) is 0 Å². The van der Waals surface area contributed by atoms with E-state index in [1.165, 1.54) is 0 Å². The molecule has 1 N–H and O–H groups in total. The van der Waals surface area contributed by atoms with Gasteiger partial charge in [-0.1, -0.05) is 49.2 Å². The van der Waals surface area contributed by atoms with Gasteiger partial charge in [-0.05, 0) is 16.9 Å². The average molecular weight is 279 g/mol. The lowest BCUT2D eigenvalue weighted by molar-refractivity contribution is 0.200. The Morgan fingerprint density at radius 2 is 2.00 bits per heavy atom. The number of thioether (sulfide) groups is 1. The second-order valence-electron chi connectivity index (χ2n) is 3.95. The first-order chi connectivity index (χ1) is 7.50. The van der Waals surface area contributed by atoms with Gasteiger partial charge in [0.2, 0.25) is 0 Å². The smallest absolute Gasteiger partial charge is 0.0671 e. The lowest BCUT2D eigenvalue weighted by atomic mass is 10.1. The Labute approximate surface area is 111 Å². The number of aliphatic hydroxyl groups excluding tert-OH is 1. The third-order valence-electron chi connectivity index (χ3n) is 2.11. The summed E-state index contributed by atoms with van der Waals surface area (Å²) < 4.78 is 0. The second-order valence-corrected chi connectivity index (χ2v) is 6.35. The van der Waals surface area contributed by atoms with E-state index in [9.17, 15) is 5.11 Å². The van der Waals surface area contributed by atoms with E-state index in [-0.39, 0.29) is 6.10 Å². The number of hydrogen-bond donors (Lipinski definition) is 1. The van der Waals surface area contributed by atoms with Crippen molar-refractivity contribution in [1.29, 1.82) is 0 Å². The molecule has 0 aliphatic heterocycles. The summed E-state index contributed by atoms with van der Waals surface area (Å²) in [6, 6.07) is 5.51. The summed E-state index contributed by atoms with van der Waals surface area (Å²) in [5.41, 5.74) is 0.908. The minimum atomic E-state index is -0.372. The predicted molar refractivity (Wildman–Crippen MR) is 73.8 cm³/mol. The molecule has 0 heterocycles. The molecule has 0 amide bonds. The first-order valence-electron chi connectivity index (χ1n) is 5.23. The summed E-state index contributed by atoms with van der Waals surface area (Å²) >= 11 is 13.7. The average Bonchev–Trinajstić information content (AvgIpc) is 2.22. The molecule has 1 atom stereocenters. The third kappa shape index (κ3) is 4.54. The van der Waals surface area contributed by atoms with E-state index < -0.39 is 0 Å². The maximum Gasteiger partial charge on any atom is 0.0671 e. The highest BCUT2D eigenvalue weighted by molar-refractivity contribution is 7.99. The van der Waals surface area contributed by atoms with Gasteiger partial charge in [0.05, 0.1) is 16.1 Å². The van der Waals surface area contributed by atoms with E-state index in [1.807, 2.05) is 12.1 Å². The molecule has 1 rings (SSSR count). The fourth-order valence-corrected chi connectivity index (χ4v) is 2.44. The molecular weight excluding hydrogens is 263 g/mol. The van der Waals surface area contributed by atoms with Crippen LogP contribution in [0.5, 0.6) is 0 Å². The van der Waals surface area contributed by atoms with Crippen LogP contribution in [-0.4, -0.2) is 22.2 Å². The number of hydrogen-bond acceptors (Lipinski definition) is 2. The lowest BCUT2D eigenvalue weighted by Gasteiger charge is -2.13. The molecule has 0 aliphatic carbocycles. The summed E-state index contributed by atoms with van der Waals surface area (Å²) in [5, 5.41) is 11.5. The van der Waals surface area contributed by atoms with Crippen molar-refractivity contribution in [2.24, 2.45) is 0 Å². The molecule has 0 fully saturated rings. The van der Waals surface area contributed by atoms with Crippen LogP contribution in [0.15, 0.2) is 18.2 Å². The minimum absolute atomic E-state index is 0.372. The highest BCUT2D eigenvalue weighted by Crippen LogP contribution is 2.27. The zero-order valence-corrected chi connectivity index (χ0v) is 11.7. The van der Waals surface area contributed by atoms with Crippen molar-refractivity contribution >= 4 is 35.0 Å². The predicted octanol–water partition coefficient (Wildman–Crippen LogP) is 4.04. The van der Waals surface area contributed by atoms with Crippen molar-refractivity contribution in [1.82, 2.24) is 0 Å². The summed E-state index contributed by atoms with van der Waals surface area (Å²) in [5.74, 6) is 0.723. The van der Waals surface area contributed by atoms with Crippen molar-refractivity contribution in [3.05, 3.63) is 33.8 Å². The molecule has 0 saturated carbocycles. The zero-order chi connectivity index (χ0) is 12.1. The number of aliphatic hydroxyl groups is 1.